The molecule has 108 valence electrons. The van der Waals surface area contributed by atoms with E-state index >= 15 is 0 Å². The van der Waals surface area contributed by atoms with Crippen LogP contribution in [-0.2, 0) is 11.2 Å². The van der Waals surface area contributed by atoms with Crippen LogP contribution in [0.25, 0.3) is 0 Å². The Hall–Kier alpha value is -1.35. The minimum absolute atomic E-state index is 0.0474. The number of benzene rings is 1. The molecule has 2 atom stereocenters. The first-order valence-corrected chi connectivity index (χ1v) is 7.84. The van der Waals surface area contributed by atoms with Crippen LogP contribution in [0.5, 0.6) is 0 Å². The third kappa shape index (κ3) is 2.88. The lowest BCUT2D eigenvalue weighted by atomic mass is 10.1. The Labute approximate surface area is 121 Å². The molecular formula is C17H24N2O. The van der Waals surface area contributed by atoms with Gasteiger partial charge in [-0.2, -0.15) is 0 Å². The van der Waals surface area contributed by atoms with Gasteiger partial charge in [0.15, 0.2) is 0 Å². The molecule has 3 heteroatoms. The molecule has 1 amide bonds. The summed E-state index contributed by atoms with van der Waals surface area (Å²) in [6.45, 7) is 3.05. The maximum absolute atomic E-state index is 12.6. The van der Waals surface area contributed by atoms with E-state index in [1.807, 2.05) is 18.2 Å². The second kappa shape index (κ2) is 5.96. The number of nitrogens with one attached hydrogen (secondary N) is 1. The predicted molar refractivity (Wildman–Crippen MR) is 80.2 cm³/mol. The Balaban J connectivity index is 1.62. The van der Waals surface area contributed by atoms with Crippen molar-refractivity contribution < 1.29 is 4.79 Å². The van der Waals surface area contributed by atoms with Gasteiger partial charge >= 0.3 is 0 Å². The van der Waals surface area contributed by atoms with Gasteiger partial charge in [-0.05, 0) is 37.7 Å². The van der Waals surface area contributed by atoms with Gasteiger partial charge in [0.2, 0.25) is 5.91 Å². The number of rotatable bonds is 4. The highest BCUT2D eigenvalue weighted by atomic mass is 16.2. The summed E-state index contributed by atoms with van der Waals surface area (Å²) in [4.78, 5) is 14.6. The molecule has 1 aromatic rings. The monoisotopic (exact) mass is 272 g/mol. The van der Waals surface area contributed by atoms with E-state index in [9.17, 15) is 4.79 Å². The number of carbonyl (C=O) groups excluding carboxylic acids is 1. The number of hydrogen-bond acceptors (Lipinski definition) is 2. The molecule has 2 fully saturated rings. The molecule has 2 unspecified atom stereocenters. The van der Waals surface area contributed by atoms with Crippen molar-refractivity contribution in [3.8, 4) is 0 Å². The van der Waals surface area contributed by atoms with Crippen LogP contribution in [0, 0.1) is 5.92 Å². The van der Waals surface area contributed by atoms with Gasteiger partial charge in [0.25, 0.3) is 0 Å². The SMILES string of the molecule is CC1NC(Cc2ccccc2)C(=O)N1CC1CCCC1. The third-order valence-corrected chi connectivity index (χ3v) is 4.70. The van der Waals surface area contributed by atoms with Crippen molar-refractivity contribution in [1.29, 1.82) is 0 Å². The van der Waals surface area contributed by atoms with E-state index < -0.39 is 0 Å². The standard InChI is InChI=1S/C17H24N2O/c1-13-18-16(11-14-7-3-2-4-8-14)17(20)19(13)12-15-9-5-6-10-15/h2-4,7-8,13,15-16,18H,5-6,9-12H2,1H3. The molecule has 1 aromatic carbocycles. The summed E-state index contributed by atoms with van der Waals surface area (Å²) in [6.07, 6.45) is 6.23. The van der Waals surface area contributed by atoms with Crippen molar-refractivity contribution in [1.82, 2.24) is 10.2 Å². The minimum Gasteiger partial charge on any atom is -0.326 e. The normalized spacial score (nSPS) is 27.4. The molecular weight excluding hydrogens is 248 g/mol. The van der Waals surface area contributed by atoms with E-state index in [0.29, 0.717) is 0 Å². The molecule has 1 aliphatic heterocycles. The molecule has 0 aromatic heterocycles. The quantitative estimate of drug-likeness (QED) is 0.913. The molecule has 1 saturated heterocycles. The van der Waals surface area contributed by atoms with Crippen LogP contribution >= 0.6 is 0 Å². The number of nitrogens with zero attached hydrogens (tertiary/aromatic N) is 1. The van der Waals surface area contributed by atoms with Gasteiger partial charge in [-0.25, -0.2) is 0 Å². The van der Waals surface area contributed by atoms with Crippen molar-refractivity contribution in [3.05, 3.63) is 35.9 Å². The largest absolute Gasteiger partial charge is 0.326 e. The van der Waals surface area contributed by atoms with Crippen LogP contribution in [-0.4, -0.2) is 29.6 Å². The van der Waals surface area contributed by atoms with Crippen LogP contribution in [0.1, 0.15) is 38.2 Å². The second-order valence-electron chi connectivity index (χ2n) is 6.23. The number of hydrogen-bond donors (Lipinski definition) is 1. The van der Waals surface area contributed by atoms with Crippen LogP contribution in [0.4, 0.5) is 0 Å². The summed E-state index contributed by atoms with van der Waals surface area (Å²) in [5.41, 5.74) is 1.23. The fraction of sp³-hybridized carbons (Fsp3) is 0.588. The predicted octanol–water partition coefficient (Wildman–Crippen LogP) is 2.57. The van der Waals surface area contributed by atoms with Crippen molar-refractivity contribution in [2.75, 3.05) is 6.54 Å². The molecule has 0 spiro atoms. The molecule has 20 heavy (non-hydrogen) atoms. The van der Waals surface area contributed by atoms with Crippen molar-refractivity contribution in [3.63, 3.8) is 0 Å². The van der Waals surface area contributed by atoms with E-state index in [0.717, 1.165) is 18.9 Å². The molecule has 1 N–H and O–H groups in total. The Bertz CT molecular complexity index is 453. The Morgan fingerprint density at radius 3 is 2.60 bits per heavy atom. The summed E-state index contributed by atoms with van der Waals surface area (Å²) < 4.78 is 0. The Kier molecular flexibility index (Phi) is 4.06. The first-order valence-electron chi connectivity index (χ1n) is 7.84. The van der Waals surface area contributed by atoms with E-state index in [-0.39, 0.29) is 18.1 Å². The summed E-state index contributed by atoms with van der Waals surface area (Å²) in [5.74, 6) is 1.01. The average Bonchev–Trinajstić information content (AvgIpc) is 3.05. The highest BCUT2D eigenvalue weighted by Gasteiger charge is 2.37. The summed E-state index contributed by atoms with van der Waals surface area (Å²) in [6, 6.07) is 10.2. The van der Waals surface area contributed by atoms with Crippen molar-refractivity contribution in [2.45, 2.75) is 51.2 Å². The zero-order valence-corrected chi connectivity index (χ0v) is 12.2. The molecule has 2 aliphatic rings. The van der Waals surface area contributed by atoms with E-state index in [1.54, 1.807) is 0 Å². The van der Waals surface area contributed by atoms with Gasteiger partial charge in [0.05, 0.1) is 12.2 Å². The zero-order valence-electron chi connectivity index (χ0n) is 12.2. The highest BCUT2D eigenvalue weighted by molar-refractivity contribution is 5.84. The first kappa shape index (κ1) is 13.6. The van der Waals surface area contributed by atoms with Gasteiger partial charge < -0.3 is 4.90 Å². The van der Waals surface area contributed by atoms with E-state index in [4.69, 9.17) is 0 Å². The molecule has 3 rings (SSSR count). The Morgan fingerprint density at radius 2 is 1.90 bits per heavy atom. The zero-order chi connectivity index (χ0) is 13.9. The molecule has 0 radical (unpaired) electrons. The molecule has 1 aliphatic carbocycles. The topological polar surface area (TPSA) is 32.3 Å². The lowest BCUT2D eigenvalue weighted by Crippen LogP contribution is -2.37. The molecule has 1 saturated carbocycles. The molecule has 1 heterocycles. The summed E-state index contributed by atoms with van der Waals surface area (Å²) in [7, 11) is 0. The van der Waals surface area contributed by atoms with Gasteiger partial charge in [-0.1, -0.05) is 43.2 Å². The van der Waals surface area contributed by atoms with Gasteiger partial charge in [-0.15, -0.1) is 0 Å². The maximum atomic E-state index is 12.6. The van der Waals surface area contributed by atoms with Crippen LogP contribution in [0.2, 0.25) is 0 Å². The van der Waals surface area contributed by atoms with Crippen LogP contribution in [0.3, 0.4) is 0 Å². The van der Waals surface area contributed by atoms with Gasteiger partial charge in [-0.3, -0.25) is 10.1 Å². The molecule has 3 nitrogen and oxygen atoms in total. The third-order valence-electron chi connectivity index (χ3n) is 4.70. The first-order chi connectivity index (χ1) is 9.74. The van der Waals surface area contributed by atoms with E-state index in [1.165, 1.54) is 31.2 Å². The fourth-order valence-electron chi connectivity index (χ4n) is 3.56. The van der Waals surface area contributed by atoms with Crippen LogP contribution in [0.15, 0.2) is 30.3 Å². The average molecular weight is 272 g/mol. The highest BCUT2D eigenvalue weighted by Crippen LogP contribution is 2.27. The fourth-order valence-corrected chi connectivity index (χ4v) is 3.56. The van der Waals surface area contributed by atoms with Crippen LogP contribution < -0.4 is 5.32 Å². The number of amides is 1. The smallest absolute Gasteiger partial charge is 0.241 e. The van der Waals surface area contributed by atoms with E-state index in [2.05, 4.69) is 29.3 Å². The summed E-state index contributed by atoms with van der Waals surface area (Å²) in [5, 5.41) is 3.45. The molecule has 0 bridgehead atoms. The Morgan fingerprint density at radius 1 is 1.20 bits per heavy atom. The number of carbonyl (C=O) groups is 1. The van der Waals surface area contributed by atoms with Crippen molar-refractivity contribution in [2.24, 2.45) is 5.92 Å². The van der Waals surface area contributed by atoms with Gasteiger partial charge in [0, 0.05) is 6.54 Å². The lowest BCUT2D eigenvalue weighted by Gasteiger charge is -2.24. The van der Waals surface area contributed by atoms with Gasteiger partial charge in [0.1, 0.15) is 0 Å². The minimum atomic E-state index is -0.0474. The maximum Gasteiger partial charge on any atom is 0.241 e. The van der Waals surface area contributed by atoms with Crippen molar-refractivity contribution >= 4 is 5.91 Å². The second-order valence-corrected chi connectivity index (χ2v) is 6.23. The lowest BCUT2D eigenvalue weighted by molar-refractivity contribution is -0.130. The summed E-state index contributed by atoms with van der Waals surface area (Å²) >= 11 is 0.